The van der Waals surface area contributed by atoms with Crippen LogP contribution in [-0.2, 0) is 7.05 Å². The van der Waals surface area contributed by atoms with Gasteiger partial charge in [-0.3, -0.25) is 15.1 Å². The van der Waals surface area contributed by atoms with Crippen molar-refractivity contribution in [2.24, 2.45) is 7.05 Å². The van der Waals surface area contributed by atoms with Crippen molar-refractivity contribution in [1.29, 1.82) is 0 Å². The molecule has 0 aliphatic rings. The third kappa shape index (κ3) is 2.93. The molecule has 112 valence electrons. The number of nitrogens with zero attached hydrogens (tertiary/aromatic N) is 4. The molecule has 0 aromatic carbocycles. The first-order valence-electron chi connectivity index (χ1n) is 6.41. The van der Waals surface area contributed by atoms with E-state index in [0.717, 1.165) is 20.9 Å². The number of pyridine rings is 1. The van der Waals surface area contributed by atoms with Gasteiger partial charge in [-0.1, -0.05) is 11.3 Å². The molecule has 1 N–H and O–H groups in total. The summed E-state index contributed by atoms with van der Waals surface area (Å²) >= 11 is 4.70. The predicted octanol–water partition coefficient (Wildman–Crippen LogP) is 3.26. The summed E-state index contributed by atoms with van der Waals surface area (Å²) in [5.74, 6) is 0.591. The molecule has 6 nitrogen and oxygen atoms in total. The largest absolute Gasteiger partial charge is 0.333 e. The summed E-state index contributed by atoms with van der Waals surface area (Å²) in [5.41, 5.74) is 1.31. The molecule has 0 saturated heterocycles. The Balaban J connectivity index is 1.85. The number of hydrogen-bond acceptors (Lipinski definition) is 5. The number of aryl methyl sites for hydroxylation is 2. The normalized spacial score (nSPS) is 10.7. The van der Waals surface area contributed by atoms with Crippen molar-refractivity contribution in [1.82, 2.24) is 19.5 Å². The molecular formula is C14H12BrN5OS. The van der Waals surface area contributed by atoms with Gasteiger partial charge in [-0.15, -0.1) is 0 Å². The number of nitrogens with one attached hydrogen (secondary N) is 1. The molecule has 1 amide bonds. The Kier molecular flexibility index (Phi) is 4.04. The summed E-state index contributed by atoms with van der Waals surface area (Å²) in [7, 11) is 1.92. The van der Waals surface area contributed by atoms with Crippen LogP contribution >= 0.6 is 27.3 Å². The highest BCUT2D eigenvalue weighted by atomic mass is 79.9. The van der Waals surface area contributed by atoms with Crippen LogP contribution in [0.2, 0.25) is 0 Å². The first-order chi connectivity index (χ1) is 10.5. The lowest BCUT2D eigenvalue weighted by Gasteiger charge is -2.01. The number of imidazole rings is 1. The molecule has 8 heteroatoms. The minimum atomic E-state index is -0.242. The van der Waals surface area contributed by atoms with Gasteiger partial charge in [-0.05, 0) is 28.9 Å². The lowest BCUT2D eigenvalue weighted by molar-refractivity contribution is 0.102. The molecule has 0 aliphatic heterocycles. The van der Waals surface area contributed by atoms with E-state index in [-0.39, 0.29) is 5.91 Å². The maximum absolute atomic E-state index is 12.2. The van der Waals surface area contributed by atoms with E-state index >= 15 is 0 Å². The molecule has 3 rings (SSSR count). The summed E-state index contributed by atoms with van der Waals surface area (Å²) < 4.78 is 2.67. The van der Waals surface area contributed by atoms with Crippen LogP contribution in [0, 0.1) is 6.92 Å². The Morgan fingerprint density at radius 3 is 2.91 bits per heavy atom. The number of hydrogen-bond donors (Lipinski definition) is 1. The standard InChI is InChI=1S/C14H12BrN5OS/c1-8-11(12-17-3-4-20(12)2)22-14(18-8)19-13(21)9-5-10(15)7-16-6-9/h3-7H,1-2H3,(H,18,19,21). The van der Waals surface area contributed by atoms with Crippen LogP contribution in [-0.4, -0.2) is 25.4 Å². The molecule has 3 aromatic rings. The Morgan fingerprint density at radius 2 is 2.23 bits per heavy atom. The van der Waals surface area contributed by atoms with E-state index in [4.69, 9.17) is 0 Å². The van der Waals surface area contributed by atoms with Crippen LogP contribution in [0.15, 0.2) is 35.3 Å². The van der Waals surface area contributed by atoms with Gasteiger partial charge in [0.15, 0.2) is 11.0 Å². The van der Waals surface area contributed by atoms with Gasteiger partial charge in [0.25, 0.3) is 5.91 Å². The number of halogens is 1. The molecule has 0 radical (unpaired) electrons. The van der Waals surface area contributed by atoms with Crippen molar-refractivity contribution in [3.05, 3.63) is 46.6 Å². The van der Waals surface area contributed by atoms with E-state index in [1.807, 2.05) is 24.7 Å². The smallest absolute Gasteiger partial charge is 0.259 e. The van der Waals surface area contributed by atoms with Gasteiger partial charge in [-0.2, -0.15) is 0 Å². The highest BCUT2D eigenvalue weighted by molar-refractivity contribution is 9.10. The highest BCUT2D eigenvalue weighted by Gasteiger charge is 2.15. The molecule has 0 aliphatic carbocycles. The molecule has 0 fully saturated rings. The van der Waals surface area contributed by atoms with E-state index in [1.54, 1.807) is 18.5 Å². The fourth-order valence-electron chi connectivity index (χ4n) is 1.95. The number of carbonyl (C=O) groups excluding carboxylic acids is 1. The molecule has 0 unspecified atom stereocenters. The number of amides is 1. The van der Waals surface area contributed by atoms with Gasteiger partial charge in [0.2, 0.25) is 0 Å². The van der Waals surface area contributed by atoms with Crippen LogP contribution in [0.25, 0.3) is 10.7 Å². The first kappa shape index (κ1) is 14.9. The van der Waals surface area contributed by atoms with E-state index in [0.29, 0.717) is 10.7 Å². The fraction of sp³-hybridized carbons (Fsp3) is 0.143. The molecule has 3 heterocycles. The Morgan fingerprint density at radius 1 is 1.41 bits per heavy atom. The van der Waals surface area contributed by atoms with Crippen molar-refractivity contribution in [2.45, 2.75) is 6.92 Å². The van der Waals surface area contributed by atoms with Crippen LogP contribution < -0.4 is 5.32 Å². The summed E-state index contributed by atoms with van der Waals surface area (Å²) in [5, 5.41) is 3.34. The van der Waals surface area contributed by atoms with Crippen molar-refractivity contribution in [3.63, 3.8) is 0 Å². The zero-order valence-corrected chi connectivity index (χ0v) is 14.3. The van der Waals surface area contributed by atoms with E-state index in [2.05, 4.69) is 36.2 Å². The van der Waals surface area contributed by atoms with Gasteiger partial charge in [0.1, 0.15) is 0 Å². The molecular weight excluding hydrogens is 366 g/mol. The lowest BCUT2D eigenvalue weighted by atomic mass is 10.3. The van der Waals surface area contributed by atoms with Gasteiger partial charge in [0.05, 0.1) is 16.1 Å². The molecule has 0 spiro atoms. The average molecular weight is 378 g/mol. The third-order valence-electron chi connectivity index (χ3n) is 3.01. The van der Waals surface area contributed by atoms with Gasteiger partial charge in [0, 0.05) is 36.3 Å². The Hall–Kier alpha value is -2.06. The summed E-state index contributed by atoms with van der Waals surface area (Å²) in [6.45, 7) is 1.90. The monoisotopic (exact) mass is 377 g/mol. The number of rotatable bonds is 3. The summed E-state index contributed by atoms with van der Waals surface area (Å²) in [4.78, 5) is 25.8. The number of anilines is 1. The van der Waals surface area contributed by atoms with E-state index in [9.17, 15) is 4.79 Å². The van der Waals surface area contributed by atoms with Crippen molar-refractivity contribution in [2.75, 3.05) is 5.32 Å². The minimum absolute atomic E-state index is 0.242. The van der Waals surface area contributed by atoms with Crippen LogP contribution in [0.1, 0.15) is 16.1 Å². The van der Waals surface area contributed by atoms with E-state index in [1.165, 1.54) is 17.5 Å². The quantitative estimate of drug-likeness (QED) is 0.759. The lowest BCUT2D eigenvalue weighted by Crippen LogP contribution is -2.11. The minimum Gasteiger partial charge on any atom is -0.333 e. The van der Waals surface area contributed by atoms with Gasteiger partial charge < -0.3 is 4.57 Å². The second kappa shape index (κ2) is 5.98. The van der Waals surface area contributed by atoms with Gasteiger partial charge in [-0.25, -0.2) is 9.97 Å². The zero-order valence-electron chi connectivity index (χ0n) is 11.9. The van der Waals surface area contributed by atoms with Crippen molar-refractivity contribution in [3.8, 4) is 10.7 Å². The number of aromatic nitrogens is 4. The molecule has 0 atom stereocenters. The average Bonchev–Trinajstić information content (AvgIpc) is 3.04. The summed E-state index contributed by atoms with van der Waals surface area (Å²) in [6.07, 6.45) is 6.75. The fourth-order valence-corrected chi connectivity index (χ4v) is 3.31. The molecule has 0 bridgehead atoms. The van der Waals surface area contributed by atoms with Crippen LogP contribution in [0.5, 0.6) is 0 Å². The van der Waals surface area contributed by atoms with Crippen molar-refractivity contribution < 1.29 is 4.79 Å². The molecule has 22 heavy (non-hydrogen) atoms. The van der Waals surface area contributed by atoms with Crippen LogP contribution in [0.3, 0.4) is 0 Å². The first-order valence-corrected chi connectivity index (χ1v) is 8.02. The number of thiazole rings is 1. The Bertz CT molecular complexity index is 841. The molecule has 3 aromatic heterocycles. The van der Waals surface area contributed by atoms with E-state index < -0.39 is 0 Å². The zero-order chi connectivity index (χ0) is 15.7. The van der Waals surface area contributed by atoms with Gasteiger partial charge >= 0.3 is 0 Å². The maximum Gasteiger partial charge on any atom is 0.259 e. The molecule has 0 saturated carbocycles. The maximum atomic E-state index is 12.2. The highest BCUT2D eigenvalue weighted by Crippen LogP contribution is 2.31. The predicted molar refractivity (Wildman–Crippen MR) is 88.9 cm³/mol. The second-order valence-electron chi connectivity index (χ2n) is 4.64. The third-order valence-corrected chi connectivity index (χ3v) is 4.51. The number of carbonyl (C=O) groups is 1. The second-order valence-corrected chi connectivity index (χ2v) is 6.56. The SMILES string of the molecule is Cc1nc(NC(=O)c2cncc(Br)c2)sc1-c1nccn1C. The topological polar surface area (TPSA) is 72.7 Å². The van der Waals surface area contributed by atoms with Crippen molar-refractivity contribution >= 4 is 38.3 Å². The summed E-state index contributed by atoms with van der Waals surface area (Å²) in [6, 6.07) is 1.71. The van der Waals surface area contributed by atoms with Crippen LogP contribution in [0.4, 0.5) is 5.13 Å². The Labute approximate surface area is 139 Å².